The quantitative estimate of drug-likeness (QED) is 0.736. The Balaban J connectivity index is 1.62. The highest BCUT2D eigenvalue weighted by atomic mass is 16.5. The molecule has 1 saturated heterocycles. The Morgan fingerprint density at radius 1 is 1.26 bits per heavy atom. The van der Waals surface area contributed by atoms with Crippen LogP contribution in [0, 0.1) is 17.8 Å². The molecule has 1 saturated carbocycles. The molecule has 110 valence electrons. The van der Waals surface area contributed by atoms with Crippen LogP contribution in [0.25, 0.3) is 0 Å². The van der Waals surface area contributed by atoms with Gasteiger partial charge in [-0.1, -0.05) is 13.8 Å². The van der Waals surface area contributed by atoms with E-state index >= 15 is 0 Å². The fourth-order valence-corrected chi connectivity index (χ4v) is 2.84. The van der Waals surface area contributed by atoms with Crippen LogP contribution in [-0.2, 0) is 9.53 Å². The lowest BCUT2D eigenvalue weighted by molar-refractivity contribution is -0.121. The minimum Gasteiger partial charge on any atom is -0.378 e. The van der Waals surface area contributed by atoms with Crippen molar-refractivity contribution in [3.8, 4) is 0 Å². The molecule has 0 bridgehead atoms. The molecule has 1 amide bonds. The standard InChI is InChI=1S/C15H28N2O2/c1-11(2)15-13(4-3-7-19-15)9-17-14(18)10-16-8-12-5-6-12/h11-13,15-16H,3-10H2,1-2H3,(H,17,18). The number of hydrogen-bond acceptors (Lipinski definition) is 3. The predicted molar refractivity (Wildman–Crippen MR) is 75.9 cm³/mol. The summed E-state index contributed by atoms with van der Waals surface area (Å²) >= 11 is 0. The Bertz CT molecular complexity index is 290. The summed E-state index contributed by atoms with van der Waals surface area (Å²) in [5.41, 5.74) is 0. The lowest BCUT2D eigenvalue weighted by atomic mass is 9.87. The van der Waals surface area contributed by atoms with Crippen molar-refractivity contribution in [2.24, 2.45) is 17.8 Å². The van der Waals surface area contributed by atoms with E-state index in [1.807, 2.05) is 0 Å². The second-order valence-electron chi connectivity index (χ2n) is 6.36. The third kappa shape index (κ3) is 5.11. The number of ether oxygens (including phenoxy) is 1. The third-order valence-electron chi connectivity index (χ3n) is 4.13. The highest BCUT2D eigenvalue weighted by Crippen LogP contribution is 2.27. The number of carbonyl (C=O) groups is 1. The van der Waals surface area contributed by atoms with Gasteiger partial charge in [0, 0.05) is 19.1 Å². The molecule has 2 fully saturated rings. The largest absolute Gasteiger partial charge is 0.378 e. The van der Waals surface area contributed by atoms with Gasteiger partial charge in [0.1, 0.15) is 0 Å². The fourth-order valence-electron chi connectivity index (χ4n) is 2.84. The molecular weight excluding hydrogens is 240 g/mol. The molecule has 2 N–H and O–H groups in total. The van der Waals surface area contributed by atoms with E-state index in [0.717, 1.165) is 32.0 Å². The van der Waals surface area contributed by atoms with Gasteiger partial charge in [-0.2, -0.15) is 0 Å². The molecule has 2 rings (SSSR count). The molecule has 1 aliphatic heterocycles. The van der Waals surface area contributed by atoms with Crippen molar-refractivity contribution < 1.29 is 9.53 Å². The van der Waals surface area contributed by atoms with Crippen molar-refractivity contribution in [1.29, 1.82) is 0 Å². The summed E-state index contributed by atoms with van der Waals surface area (Å²) in [7, 11) is 0. The zero-order valence-corrected chi connectivity index (χ0v) is 12.3. The first-order chi connectivity index (χ1) is 9.16. The van der Waals surface area contributed by atoms with Crippen molar-refractivity contribution in [1.82, 2.24) is 10.6 Å². The van der Waals surface area contributed by atoms with E-state index in [9.17, 15) is 4.79 Å². The number of nitrogens with one attached hydrogen (secondary N) is 2. The summed E-state index contributed by atoms with van der Waals surface area (Å²) in [6.45, 7) is 7.47. The molecule has 0 radical (unpaired) electrons. The van der Waals surface area contributed by atoms with Crippen LogP contribution in [0.5, 0.6) is 0 Å². The molecule has 0 aromatic carbocycles. The van der Waals surface area contributed by atoms with Crippen LogP contribution in [0.15, 0.2) is 0 Å². The molecule has 2 aliphatic rings. The predicted octanol–water partition coefficient (Wildman–Crippen LogP) is 1.55. The molecule has 1 heterocycles. The first-order valence-corrected chi connectivity index (χ1v) is 7.76. The zero-order chi connectivity index (χ0) is 13.7. The number of hydrogen-bond donors (Lipinski definition) is 2. The Hall–Kier alpha value is -0.610. The summed E-state index contributed by atoms with van der Waals surface area (Å²) in [4.78, 5) is 11.7. The van der Waals surface area contributed by atoms with Gasteiger partial charge < -0.3 is 15.4 Å². The van der Waals surface area contributed by atoms with Crippen LogP contribution in [-0.4, -0.2) is 38.3 Å². The van der Waals surface area contributed by atoms with Gasteiger partial charge in [-0.05, 0) is 44.1 Å². The number of carbonyl (C=O) groups excluding carboxylic acids is 1. The maximum atomic E-state index is 11.7. The monoisotopic (exact) mass is 268 g/mol. The summed E-state index contributed by atoms with van der Waals surface area (Å²) in [6, 6.07) is 0. The molecule has 1 aliphatic carbocycles. The van der Waals surface area contributed by atoms with Crippen molar-refractivity contribution in [3.05, 3.63) is 0 Å². The summed E-state index contributed by atoms with van der Waals surface area (Å²) < 4.78 is 5.84. The molecule has 4 nitrogen and oxygen atoms in total. The van der Waals surface area contributed by atoms with Crippen molar-refractivity contribution in [2.45, 2.75) is 45.6 Å². The second-order valence-corrected chi connectivity index (χ2v) is 6.36. The Morgan fingerprint density at radius 2 is 2.05 bits per heavy atom. The Morgan fingerprint density at radius 3 is 2.74 bits per heavy atom. The summed E-state index contributed by atoms with van der Waals surface area (Å²) in [5, 5.41) is 6.28. The van der Waals surface area contributed by atoms with Crippen LogP contribution in [0.1, 0.15) is 39.5 Å². The molecule has 0 spiro atoms. The first-order valence-electron chi connectivity index (χ1n) is 7.76. The number of amides is 1. The Labute approximate surface area is 116 Å². The maximum Gasteiger partial charge on any atom is 0.233 e. The highest BCUT2D eigenvalue weighted by molar-refractivity contribution is 5.77. The van der Waals surface area contributed by atoms with Crippen molar-refractivity contribution in [2.75, 3.05) is 26.2 Å². The van der Waals surface area contributed by atoms with E-state index in [4.69, 9.17) is 4.74 Å². The van der Waals surface area contributed by atoms with Crippen LogP contribution >= 0.6 is 0 Å². The van der Waals surface area contributed by atoms with Crippen molar-refractivity contribution in [3.63, 3.8) is 0 Å². The maximum absolute atomic E-state index is 11.7. The van der Waals surface area contributed by atoms with E-state index in [0.29, 0.717) is 24.5 Å². The topological polar surface area (TPSA) is 50.4 Å². The lowest BCUT2D eigenvalue weighted by Crippen LogP contribution is -2.43. The second kappa shape index (κ2) is 7.25. The minimum absolute atomic E-state index is 0.119. The Kier molecular flexibility index (Phi) is 5.64. The zero-order valence-electron chi connectivity index (χ0n) is 12.3. The van der Waals surface area contributed by atoms with Gasteiger partial charge >= 0.3 is 0 Å². The van der Waals surface area contributed by atoms with E-state index in [1.165, 1.54) is 19.3 Å². The average molecular weight is 268 g/mol. The van der Waals surface area contributed by atoms with Crippen LogP contribution in [0.4, 0.5) is 0 Å². The molecular formula is C15H28N2O2. The lowest BCUT2D eigenvalue weighted by Gasteiger charge is -2.34. The van der Waals surface area contributed by atoms with Gasteiger partial charge in [-0.25, -0.2) is 0 Å². The molecule has 0 aromatic rings. The summed E-state index contributed by atoms with van der Waals surface area (Å²) in [5.74, 6) is 1.94. The highest BCUT2D eigenvalue weighted by Gasteiger charge is 2.28. The van der Waals surface area contributed by atoms with Crippen LogP contribution in [0.3, 0.4) is 0 Å². The van der Waals surface area contributed by atoms with Gasteiger partial charge in [0.15, 0.2) is 0 Å². The van der Waals surface area contributed by atoms with Gasteiger partial charge in [-0.3, -0.25) is 4.79 Å². The summed E-state index contributed by atoms with van der Waals surface area (Å²) in [6.07, 6.45) is 5.23. The molecule has 4 heteroatoms. The normalized spacial score (nSPS) is 27.5. The SMILES string of the molecule is CC(C)C1OCCCC1CNC(=O)CNCC1CC1. The van der Waals surface area contributed by atoms with Crippen molar-refractivity contribution >= 4 is 5.91 Å². The van der Waals surface area contributed by atoms with E-state index in [-0.39, 0.29) is 5.91 Å². The number of rotatable bonds is 7. The minimum atomic E-state index is 0.119. The van der Waals surface area contributed by atoms with Crippen LogP contribution in [0.2, 0.25) is 0 Å². The molecule has 2 atom stereocenters. The molecule has 0 aromatic heterocycles. The van der Waals surface area contributed by atoms with Gasteiger partial charge in [0.2, 0.25) is 5.91 Å². The van der Waals surface area contributed by atoms with E-state index in [1.54, 1.807) is 0 Å². The smallest absolute Gasteiger partial charge is 0.233 e. The fraction of sp³-hybridized carbons (Fsp3) is 0.933. The van der Waals surface area contributed by atoms with Gasteiger partial charge in [0.25, 0.3) is 0 Å². The van der Waals surface area contributed by atoms with Gasteiger partial charge in [-0.15, -0.1) is 0 Å². The average Bonchev–Trinajstić information content (AvgIpc) is 3.20. The molecule has 19 heavy (non-hydrogen) atoms. The van der Waals surface area contributed by atoms with Gasteiger partial charge in [0.05, 0.1) is 12.6 Å². The first kappa shape index (κ1) is 14.8. The van der Waals surface area contributed by atoms with E-state index < -0.39 is 0 Å². The van der Waals surface area contributed by atoms with E-state index in [2.05, 4.69) is 24.5 Å². The van der Waals surface area contributed by atoms with Crippen LogP contribution < -0.4 is 10.6 Å². The molecule has 2 unspecified atom stereocenters. The third-order valence-corrected chi connectivity index (χ3v) is 4.13.